The zero-order chi connectivity index (χ0) is 18.5. The molecule has 0 aromatic heterocycles. The number of carbonyl (C=O) groups excluding carboxylic acids is 1. The number of carboxylic acid groups (broad SMARTS) is 1. The van der Waals surface area contributed by atoms with Crippen LogP contribution >= 0.6 is 0 Å². The predicted octanol–water partition coefficient (Wildman–Crippen LogP) is 4.14. The van der Waals surface area contributed by atoms with Crippen molar-refractivity contribution in [2.24, 2.45) is 0 Å². The summed E-state index contributed by atoms with van der Waals surface area (Å²) in [5.41, 5.74) is 2.16. The fourth-order valence-electron chi connectivity index (χ4n) is 2.07. The van der Waals surface area contributed by atoms with E-state index in [1.54, 1.807) is 7.11 Å². The number of aryl methyl sites for hydroxylation is 2. The lowest BCUT2D eigenvalue weighted by Crippen LogP contribution is -2.01. The fourth-order valence-corrected chi connectivity index (χ4v) is 2.07. The largest absolute Gasteiger partial charge is 0.497 e. The number of ether oxygens (including phenoxy) is 2. The van der Waals surface area contributed by atoms with Crippen LogP contribution in [0.2, 0.25) is 0 Å². The highest BCUT2D eigenvalue weighted by Gasteiger charge is 2.01. The van der Waals surface area contributed by atoms with Crippen LogP contribution < -0.4 is 4.74 Å². The van der Waals surface area contributed by atoms with Gasteiger partial charge in [-0.25, -0.2) is 0 Å². The summed E-state index contributed by atoms with van der Waals surface area (Å²) in [4.78, 5) is 21.1. The quantitative estimate of drug-likeness (QED) is 0.751. The van der Waals surface area contributed by atoms with Crippen molar-refractivity contribution >= 4 is 11.9 Å². The van der Waals surface area contributed by atoms with Crippen molar-refractivity contribution in [3.8, 4) is 5.75 Å². The Bertz CT molecular complexity index is 652. The van der Waals surface area contributed by atoms with Gasteiger partial charge in [-0.2, -0.15) is 0 Å². The number of esters is 1. The maximum Gasteiger partial charge on any atom is 0.305 e. The molecule has 0 atom stereocenters. The van der Waals surface area contributed by atoms with Crippen LogP contribution in [0.3, 0.4) is 0 Å². The molecule has 0 aliphatic carbocycles. The van der Waals surface area contributed by atoms with E-state index in [4.69, 9.17) is 9.84 Å². The lowest BCUT2D eigenvalue weighted by Gasteiger charge is -2.03. The molecule has 0 aliphatic heterocycles. The van der Waals surface area contributed by atoms with Gasteiger partial charge >= 0.3 is 11.9 Å². The molecule has 0 aliphatic rings. The minimum absolute atomic E-state index is 0. The van der Waals surface area contributed by atoms with E-state index in [9.17, 15) is 9.59 Å². The number of carboxylic acids is 1. The summed E-state index contributed by atoms with van der Waals surface area (Å²) in [5, 5.41) is 8.37. The standard InChI is InChI=1S/C11H14O3.C9H10O2.CH4/c1-13-10-5-3-4-9(8-10)6-7-11(12)14-2;10-9(11)7-6-8-4-2-1-3-5-8;/h3-5,8H,6-7H2,1-2H3;1-5H,6-7H2,(H,10,11);1H4. The van der Waals surface area contributed by atoms with Gasteiger partial charge in [-0.15, -0.1) is 0 Å². The topological polar surface area (TPSA) is 72.8 Å². The fraction of sp³-hybridized carbons (Fsp3) is 0.333. The summed E-state index contributed by atoms with van der Waals surface area (Å²) in [5.74, 6) is -0.117. The van der Waals surface area contributed by atoms with Gasteiger partial charge in [0.1, 0.15) is 5.75 Å². The molecule has 142 valence electrons. The molecule has 0 saturated carbocycles. The van der Waals surface area contributed by atoms with E-state index in [1.165, 1.54) is 7.11 Å². The smallest absolute Gasteiger partial charge is 0.305 e. The van der Waals surface area contributed by atoms with Crippen molar-refractivity contribution in [2.45, 2.75) is 33.1 Å². The second kappa shape index (κ2) is 13.5. The van der Waals surface area contributed by atoms with Crippen LogP contribution in [0.5, 0.6) is 5.75 Å². The average molecular weight is 360 g/mol. The number of aliphatic carboxylic acids is 1. The molecule has 2 rings (SSSR count). The van der Waals surface area contributed by atoms with E-state index >= 15 is 0 Å². The van der Waals surface area contributed by atoms with Crippen molar-refractivity contribution < 1.29 is 24.2 Å². The van der Waals surface area contributed by atoms with E-state index in [-0.39, 0.29) is 19.8 Å². The van der Waals surface area contributed by atoms with Crippen LogP contribution in [0.1, 0.15) is 31.4 Å². The molecule has 0 heterocycles. The minimum Gasteiger partial charge on any atom is -0.497 e. The third-order valence-electron chi connectivity index (χ3n) is 3.45. The zero-order valence-electron chi connectivity index (χ0n) is 14.6. The number of hydrogen-bond donors (Lipinski definition) is 1. The molecule has 5 nitrogen and oxygen atoms in total. The van der Waals surface area contributed by atoms with Crippen LogP contribution in [-0.2, 0) is 27.2 Å². The first-order valence-electron chi connectivity index (χ1n) is 8.00. The summed E-state index contributed by atoms with van der Waals surface area (Å²) in [6.45, 7) is 0. The van der Waals surface area contributed by atoms with Crippen LogP contribution in [0.15, 0.2) is 54.6 Å². The van der Waals surface area contributed by atoms with Gasteiger partial charge in [0, 0.05) is 12.8 Å². The molecule has 0 radical (unpaired) electrons. The van der Waals surface area contributed by atoms with Crippen molar-refractivity contribution in [1.82, 2.24) is 0 Å². The maximum absolute atomic E-state index is 10.9. The van der Waals surface area contributed by atoms with Gasteiger partial charge in [-0.05, 0) is 36.1 Å². The summed E-state index contributed by atoms with van der Waals surface area (Å²) >= 11 is 0. The molecular formula is C21H28O5. The molecule has 1 N–H and O–H groups in total. The molecule has 0 saturated heterocycles. The van der Waals surface area contributed by atoms with Crippen LogP contribution in [0, 0.1) is 0 Å². The second-order valence-electron chi connectivity index (χ2n) is 5.31. The van der Waals surface area contributed by atoms with E-state index in [0.717, 1.165) is 16.9 Å². The van der Waals surface area contributed by atoms with Gasteiger partial charge in [-0.3, -0.25) is 9.59 Å². The second-order valence-corrected chi connectivity index (χ2v) is 5.31. The molecule has 0 bridgehead atoms. The number of benzene rings is 2. The van der Waals surface area contributed by atoms with E-state index in [2.05, 4.69) is 4.74 Å². The monoisotopic (exact) mass is 360 g/mol. The highest BCUT2D eigenvalue weighted by molar-refractivity contribution is 5.69. The SMILES string of the molecule is C.COC(=O)CCc1cccc(OC)c1.O=C(O)CCc1ccccc1. The van der Waals surface area contributed by atoms with Gasteiger partial charge in [0.25, 0.3) is 0 Å². The zero-order valence-corrected chi connectivity index (χ0v) is 14.6. The van der Waals surface area contributed by atoms with Crippen molar-refractivity contribution in [3.05, 3.63) is 65.7 Å². The average Bonchev–Trinajstić information content (AvgIpc) is 2.66. The Kier molecular flexibility index (Phi) is 12.0. The molecule has 0 spiro atoms. The minimum atomic E-state index is -0.742. The molecule has 0 fully saturated rings. The Morgan fingerprint density at radius 2 is 1.50 bits per heavy atom. The van der Waals surface area contributed by atoms with Crippen molar-refractivity contribution in [2.75, 3.05) is 14.2 Å². The summed E-state index contributed by atoms with van der Waals surface area (Å²) in [7, 11) is 3.02. The highest BCUT2D eigenvalue weighted by atomic mass is 16.5. The normalized spacial score (nSPS) is 9.15. The first-order valence-corrected chi connectivity index (χ1v) is 8.00. The number of rotatable bonds is 7. The molecule has 2 aromatic carbocycles. The van der Waals surface area contributed by atoms with Crippen molar-refractivity contribution in [3.63, 3.8) is 0 Å². The molecule has 0 unspecified atom stereocenters. The molecule has 2 aromatic rings. The molecule has 5 heteroatoms. The van der Waals surface area contributed by atoms with E-state index < -0.39 is 5.97 Å². The predicted molar refractivity (Wildman–Crippen MR) is 102 cm³/mol. The van der Waals surface area contributed by atoms with E-state index in [0.29, 0.717) is 19.3 Å². The number of hydrogen-bond acceptors (Lipinski definition) is 4. The van der Waals surface area contributed by atoms with Crippen LogP contribution in [0.4, 0.5) is 0 Å². The van der Waals surface area contributed by atoms with Gasteiger partial charge in [-0.1, -0.05) is 49.9 Å². The Hall–Kier alpha value is -2.82. The highest BCUT2D eigenvalue weighted by Crippen LogP contribution is 2.13. The lowest BCUT2D eigenvalue weighted by molar-refractivity contribution is -0.140. The van der Waals surface area contributed by atoms with Gasteiger partial charge in [0.15, 0.2) is 0 Å². The number of carbonyl (C=O) groups is 2. The lowest BCUT2D eigenvalue weighted by atomic mass is 10.1. The Balaban J connectivity index is 0.000000475. The summed E-state index contributed by atoms with van der Waals surface area (Å²) in [6, 6.07) is 17.3. The van der Waals surface area contributed by atoms with Crippen LogP contribution in [0.25, 0.3) is 0 Å². The molecule has 26 heavy (non-hydrogen) atoms. The summed E-state index contributed by atoms with van der Waals surface area (Å²) < 4.78 is 9.63. The first kappa shape index (κ1) is 23.2. The van der Waals surface area contributed by atoms with E-state index in [1.807, 2.05) is 54.6 Å². The molecular weight excluding hydrogens is 332 g/mol. The summed E-state index contributed by atoms with van der Waals surface area (Å²) in [6.07, 6.45) is 1.92. The maximum atomic E-state index is 10.9. The van der Waals surface area contributed by atoms with Crippen LogP contribution in [-0.4, -0.2) is 31.3 Å². The third kappa shape index (κ3) is 10.1. The Labute approximate surface area is 155 Å². The molecule has 0 amide bonds. The van der Waals surface area contributed by atoms with Gasteiger partial charge in [0.05, 0.1) is 14.2 Å². The van der Waals surface area contributed by atoms with Gasteiger partial charge < -0.3 is 14.6 Å². The Morgan fingerprint density at radius 1 is 0.885 bits per heavy atom. The third-order valence-corrected chi connectivity index (χ3v) is 3.45. The first-order chi connectivity index (χ1) is 12.0. The number of methoxy groups -OCH3 is 2. The van der Waals surface area contributed by atoms with Gasteiger partial charge in [0.2, 0.25) is 0 Å². The van der Waals surface area contributed by atoms with Crippen molar-refractivity contribution in [1.29, 1.82) is 0 Å². The Morgan fingerprint density at radius 3 is 2.08 bits per heavy atom.